The number of hydrogen-bond acceptors (Lipinski definition) is 2. The van der Waals surface area contributed by atoms with E-state index >= 15 is 0 Å². The molecule has 98 valence electrons. The number of rotatable bonds is 2. The molecule has 0 atom stereocenters. The molecule has 0 saturated carbocycles. The van der Waals surface area contributed by atoms with Crippen molar-refractivity contribution < 1.29 is 18.3 Å². The second-order valence-corrected chi connectivity index (χ2v) is 4.23. The molecule has 0 fully saturated rings. The molecule has 2 aromatic carbocycles. The first kappa shape index (κ1) is 13.5. The van der Waals surface area contributed by atoms with Crippen LogP contribution in [0.2, 0.25) is 5.02 Å². The summed E-state index contributed by atoms with van der Waals surface area (Å²) in [7, 11) is 1.28. The van der Waals surface area contributed by atoms with Crippen molar-refractivity contribution in [1.29, 1.82) is 0 Å². The van der Waals surface area contributed by atoms with E-state index in [0.717, 1.165) is 6.07 Å². The van der Waals surface area contributed by atoms with Crippen molar-refractivity contribution >= 4 is 17.6 Å². The number of hydrogen-bond donors (Lipinski definition) is 0. The molecule has 0 saturated heterocycles. The van der Waals surface area contributed by atoms with Crippen LogP contribution in [0, 0.1) is 11.6 Å². The van der Waals surface area contributed by atoms with Crippen LogP contribution in [0.3, 0.4) is 0 Å². The number of carbonyl (C=O) groups is 1. The fraction of sp³-hybridized carbons (Fsp3) is 0.0714. The van der Waals surface area contributed by atoms with Gasteiger partial charge in [0, 0.05) is 0 Å². The molecule has 2 aromatic rings. The van der Waals surface area contributed by atoms with E-state index in [2.05, 4.69) is 4.74 Å². The highest BCUT2D eigenvalue weighted by Gasteiger charge is 2.11. The Balaban J connectivity index is 2.40. The van der Waals surface area contributed by atoms with Gasteiger partial charge in [-0.15, -0.1) is 0 Å². The number of esters is 1. The van der Waals surface area contributed by atoms with Gasteiger partial charge in [-0.3, -0.25) is 0 Å². The summed E-state index contributed by atoms with van der Waals surface area (Å²) in [6.07, 6.45) is 0. The predicted octanol–water partition coefficient (Wildman–Crippen LogP) is 4.07. The van der Waals surface area contributed by atoms with Crippen molar-refractivity contribution in [3.63, 3.8) is 0 Å². The Labute approximate surface area is 113 Å². The fourth-order valence-corrected chi connectivity index (χ4v) is 1.85. The van der Waals surface area contributed by atoms with Crippen molar-refractivity contribution in [2.24, 2.45) is 0 Å². The van der Waals surface area contributed by atoms with E-state index in [1.165, 1.54) is 25.3 Å². The van der Waals surface area contributed by atoms with Crippen molar-refractivity contribution in [1.82, 2.24) is 0 Å². The Kier molecular flexibility index (Phi) is 3.81. The highest BCUT2D eigenvalue weighted by molar-refractivity contribution is 6.31. The molecule has 0 N–H and O–H groups in total. The Morgan fingerprint density at radius 1 is 1.11 bits per heavy atom. The van der Waals surface area contributed by atoms with Gasteiger partial charge in [0.2, 0.25) is 0 Å². The molecule has 19 heavy (non-hydrogen) atoms. The Morgan fingerprint density at radius 2 is 1.74 bits per heavy atom. The SMILES string of the molecule is COC(=O)c1ccc(-c2cc(F)c(F)c(Cl)c2)cc1. The molecule has 0 aliphatic rings. The minimum absolute atomic E-state index is 0.285. The second-order valence-electron chi connectivity index (χ2n) is 3.82. The number of methoxy groups -OCH3 is 1. The summed E-state index contributed by atoms with van der Waals surface area (Å²) in [5.41, 5.74) is 1.42. The molecule has 2 nitrogen and oxygen atoms in total. The summed E-state index contributed by atoms with van der Waals surface area (Å²) >= 11 is 5.58. The molecule has 0 unspecified atom stereocenters. The van der Waals surface area contributed by atoms with E-state index in [-0.39, 0.29) is 5.02 Å². The maximum atomic E-state index is 13.3. The normalized spacial score (nSPS) is 10.3. The zero-order valence-electron chi connectivity index (χ0n) is 9.91. The Morgan fingerprint density at radius 3 is 2.26 bits per heavy atom. The Hall–Kier alpha value is -1.94. The van der Waals surface area contributed by atoms with Gasteiger partial charge in [0.25, 0.3) is 0 Å². The molecular formula is C14H9ClF2O2. The number of ether oxygens (including phenoxy) is 1. The lowest BCUT2D eigenvalue weighted by atomic mass is 10.0. The van der Waals surface area contributed by atoms with Crippen molar-refractivity contribution in [2.45, 2.75) is 0 Å². The molecule has 0 heterocycles. The van der Waals surface area contributed by atoms with E-state index in [4.69, 9.17) is 11.6 Å². The highest BCUT2D eigenvalue weighted by atomic mass is 35.5. The van der Waals surface area contributed by atoms with Crippen LogP contribution >= 0.6 is 11.6 Å². The van der Waals surface area contributed by atoms with Gasteiger partial charge in [-0.05, 0) is 35.4 Å². The highest BCUT2D eigenvalue weighted by Crippen LogP contribution is 2.27. The Bertz CT molecular complexity index is 601. The number of carbonyl (C=O) groups excluding carboxylic acids is 1. The summed E-state index contributed by atoms with van der Waals surface area (Å²) in [4.78, 5) is 11.3. The van der Waals surface area contributed by atoms with Crippen LogP contribution in [0.4, 0.5) is 8.78 Å². The first-order chi connectivity index (χ1) is 9.02. The van der Waals surface area contributed by atoms with Crippen molar-refractivity contribution in [2.75, 3.05) is 7.11 Å². The third kappa shape index (κ3) is 2.74. The van der Waals surface area contributed by atoms with Gasteiger partial charge >= 0.3 is 5.97 Å². The zero-order chi connectivity index (χ0) is 14.0. The summed E-state index contributed by atoms with van der Waals surface area (Å²) in [6.45, 7) is 0. The molecule has 0 aliphatic carbocycles. The van der Waals surface area contributed by atoms with Gasteiger partial charge in [0.1, 0.15) is 0 Å². The molecule has 2 rings (SSSR count). The lowest BCUT2D eigenvalue weighted by molar-refractivity contribution is 0.0601. The summed E-state index contributed by atoms with van der Waals surface area (Å²) in [5.74, 6) is -2.55. The first-order valence-electron chi connectivity index (χ1n) is 5.36. The van der Waals surface area contributed by atoms with Gasteiger partial charge in [0.15, 0.2) is 11.6 Å². The van der Waals surface area contributed by atoms with Crippen LogP contribution in [0.15, 0.2) is 36.4 Å². The monoisotopic (exact) mass is 282 g/mol. The first-order valence-corrected chi connectivity index (χ1v) is 5.74. The minimum Gasteiger partial charge on any atom is -0.465 e. The lowest BCUT2D eigenvalue weighted by Crippen LogP contribution is -2.00. The standard InChI is InChI=1S/C14H9ClF2O2/c1-19-14(18)9-4-2-8(3-5-9)10-6-11(15)13(17)12(16)7-10/h2-7H,1H3. The molecule has 5 heteroatoms. The van der Waals surface area contributed by atoms with Crippen molar-refractivity contribution in [3.8, 4) is 11.1 Å². The molecular weight excluding hydrogens is 274 g/mol. The zero-order valence-corrected chi connectivity index (χ0v) is 10.7. The average Bonchev–Trinajstić information content (AvgIpc) is 2.43. The third-order valence-corrected chi connectivity index (χ3v) is 2.90. The summed E-state index contributed by atoms with van der Waals surface area (Å²) < 4.78 is 30.9. The second kappa shape index (κ2) is 5.36. The van der Waals surface area contributed by atoms with Crippen LogP contribution in [-0.4, -0.2) is 13.1 Å². The average molecular weight is 283 g/mol. The smallest absolute Gasteiger partial charge is 0.337 e. The van der Waals surface area contributed by atoms with E-state index in [0.29, 0.717) is 16.7 Å². The van der Waals surface area contributed by atoms with Crippen LogP contribution in [0.1, 0.15) is 10.4 Å². The van der Waals surface area contributed by atoms with E-state index in [1.807, 2.05) is 0 Å². The number of halogens is 3. The van der Waals surface area contributed by atoms with E-state index in [1.54, 1.807) is 12.1 Å². The molecule has 0 aromatic heterocycles. The molecule has 0 amide bonds. The number of benzene rings is 2. The molecule has 0 aliphatic heterocycles. The van der Waals surface area contributed by atoms with Crippen LogP contribution < -0.4 is 0 Å². The van der Waals surface area contributed by atoms with E-state index < -0.39 is 17.6 Å². The largest absolute Gasteiger partial charge is 0.465 e. The molecule has 0 bridgehead atoms. The fourth-order valence-electron chi connectivity index (χ4n) is 1.64. The van der Waals surface area contributed by atoms with Gasteiger partial charge in [-0.1, -0.05) is 23.7 Å². The summed E-state index contributed by atoms with van der Waals surface area (Å²) in [6, 6.07) is 8.67. The minimum atomic E-state index is -1.07. The van der Waals surface area contributed by atoms with Crippen LogP contribution in [-0.2, 0) is 4.74 Å². The van der Waals surface area contributed by atoms with Crippen LogP contribution in [0.5, 0.6) is 0 Å². The van der Waals surface area contributed by atoms with Gasteiger partial charge in [-0.2, -0.15) is 0 Å². The van der Waals surface area contributed by atoms with Gasteiger partial charge in [0.05, 0.1) is 17.7 Å². The van der Waals surface area contributed by atoms with Crippen molar-refractivity contribution in [3.05, 3.63) is 58.6 Å². The predicted molar refractivity (Wildman–Crippen MR) is 68.1 cm³/mol. The quantitative estimate of drug-likeness (QED) is 0.613. The maximum Gasteiger partial charge on any atom is 0.337 e. The summed E-state index contributed by atoms with van der Waals surface area (Å²) in [5, 5.41) is -0.285. The third-order valence-electron chi connectivity index (χ3n) is 2.62. The van der Waals surface area contributed by atoms with Gasteiger partial charge in [-0.25, -0.2) is 13.6 Å². The maximum absolute atomic E-state index is 13.3. The topological polar surface area (TPSA) is 26.3 Å². The lowest BCUT2D eigenvalue weighted by Gasteiger charge is -2.05. The molecule has 0 spiro atoms. The van der Waals surface area contributed by atoms with Crippen LogP contribution in [0.25, 0.3) is 11.1 Å². The van der Waals surface area contributed by atoms with Gasteiger partial charge < -0.3 is 4.74 Å². The van der Waals surface area contributed by atoms with E-state index in [9.17, 15) is 13.6 Å². The molecule has 0 radical (unpaired) electrons.